The molecule has 2 aromatic rings. The predicted molar refractivity (Wildman–Crippen MR) is 118 cm³/mol. The van der Waals surface area contributed by atoms with Crippen LogP contribution in [0.4, 0.5) is 4.39 Å². The molecule has 0 radical (unpaired) electrons. The van der Waals surface area contributed by atoms with Gasteiger partial charge in [-0.25, -0.2) is 17.8 Å². The van der Waals surface area contributed by atoms with Gasteiger partial charge in [0.15, 0.2) is 15.8 Å². The van der Waals surface area contributed by atoms with E-state index in [4.69, 9.17) is 0 Å². The molecule has 27 heavy (non-hydrogen) atoms. The first kappa shape index (κ1) is 23.4. The highest BCUT2D eigenvalue weighted by Crippen LogP contribution is 2.11. The van der Waals surface area contributed by atoms with Crippen LogP contribution in [0.25, 0.3) is 0 Å². The molecule has 0 aliphatic rings. The Balaban J connectivity index is 0.00000364. The van der Waals surface area contributed by atoms with Crippen LogP contribution in [0.15, 0.2) is 58.4 Å². The molecule has 0 bridgehead atoms. The average Bonchev–Trinajstić information content (AvgIpc) is 2.61. The Morgan fingerprint density at radius 3 is 2.15 bits per heavy atom. The van der Waals surface area contributed by atoms with Crippen molar-refractivity contribution in [3.8, 4) is 0 Å². The van der Waals surface area contributed by atoms with Crippen LogP contribution < -0.4 is 10.6 Å². The van der Waals surface area contributed by atoms with Crippen LogP contribution in [0.2, 0.25) is 0 Å². The lowest BCUT2D eigenvalue weighted by atomic mass is 10.1. The highest BCUT2D eigenvalue weighted by molar-refractivity contribution is 14.0. The summed E-state index contributed by atoms with van der Waals surface area (Å²) in [5.41, 5.74) is 1.97. The van der Waals surface area contributed by atoms with Gasteiger partial charge in [-0.15, -0.1) is 24.0 Å². The molecule has 0 aromatic heterocycles. The van der Waals surface area contributed by atoms with Crippen molar-refractivity contribution in [2.24, 2.45) is 4.99 Å². The highest BCUT2D eigenvalue weighted by atomic mass is 127. The Labute approximate surface area is 177 Å². The Kier molecular flexibility index (Phi) is 9.71. The van der Waals surface area contributed by atoms with Crippen molar-refractivity contribution in [1.29, 1.82) is 0 Å². The first-order valence-electron chi connectivity index (χ1n) is 8.44. The molecular weight excluding hydrogens is 480 g/mol. The van der Waals surface area contributed by atoms with Crippen molar-refractivity contribution in [3.63, 3.8) is 0 Å². The van der Waals surface area contributed by atoms with Gasteiger partial charge in [0.05, 0.1) is 11.4 Å². The third-order valence-corrected chi connectivity index (χ3v) is 4.86. The second-order valence-electron chi connectivity index (χ2n) is 5.91. The third-order valence-electron chi connectivity index (χ3n) is 3.73. The van der Waals surface area contributed by atoms with E-state index in [2.05, 4.69) is 15.6 Å². The third kappa shape index (κ3) is 8.25. The second kappa shape index (κ2) is 11.2. The van der Waals surface area contributed by atoms with Crippen molar-refractivity contribution in [1.82, 2.24) is 10.6 Å². The maximum atomic E-state index is 12.9. The van der Waals surface area contributed by atoms with Crippen LogP contribution >= 0.6 is 24.0 Å². The largest absolute Gasteiger partial charge is 0.357 e. The lowest BCUT2D eigenvalue weighted by molar-refractivity contribution is 0.602. The molecule has 0 aliphatic heterocycles. The van der Waals surface area contributed by atoms with Gasteiger partial charge in [0.25, 0.3) is 0 Å². The molecule has 148 valence electrons. The summed E-state index contributed by atoms with van der Waals surface area (Å²) in [4.78, 5) is 4.81. The van der Waals surface area contributed by atoms with Crippen LogP contribution in [-0.4, -0.2) is 33.7 Å². The molecule has 0 fully saturated rings. The van der Waals surface area contributed by atoms with Crippen molar-refractivity contribution in [2.45, 2.75) is 24.8 Å². The van der Waals surface area contributed by atoms with Crippen molar-refractivity contribution in [2.75, 3.05) is 19.3 Å². The molecule has 8 heteroatoms. The van der Waals surface area contributed by atoms with Crippen LogP contribution in [0, 0.1) is 5.82 Å². The number of hydrogen-bond acceptors (Lipinski definition) is 3. The summed E-state index contributed by atoms with van der Waals surface area (Å²) in [7, 11) is -3.18. The first-order valence-corrected chi connectivity index (χ1v) is 10.3. The van der Waals surface area contributed by atoms with Crippen molar-refractivity contribution < 1.29 is 12.8 Å². The number of hydrogen-bond donors (Lipinski definition) is 2. The molecule has 0 saturated heterocycles. The maximum Gasteiger partial charge on any atom is 0.191 e. The fourth-order valence-corrected chi connectivity index (χ4v) is 2.96. The van der Waals surface area contributed by atoms with E-state index in [1.54, 1.807) is 36.4 Å². The van der Waals surface area contributed by atoms with E-state index in [0.717, 1.165) is 24.1 Å². The lowest BCUT2D eigenvalue weighted by Gasteiger charge is -2.11. The van der Waals surface area contributed by atoms with Gasteiger partial charge in [-0.2, -0.15) is 0 Å². The fourth-order valence-electron chi connectivity index (χ4n) is 2.33. The van der Waals surface area contributed by atoms with Crippen molar-refractivity contribution >= 4 is 39.8 Å². The predicted octanol–water partition coefficient (Wildman–Crippen LogP) is 3.15. The van der Waals surface area contributed by atoms with Crippen LogP contribution in [-0.2, 0) is 22.8 Å². The number of nitrogens with zero attached hydrogens (tertiary/aromatic N) is 1. The van der Waals surface area contributed by atoms with Crippen LogP contribution in [0.3, 0.4) is 0 Å². The SMILES string of the molecule is CCNC(=NCc1ccc(S(C)(=O)=O)cc1)NCCc1ccc(F)cc1.I. The monoisotopic (exact) mass is 505 g/mol. The number of nitrogens with one attached hydrogen (secondary N) is 2. The number of aliphatic imine (C=N–C) groups is 1. The molecule has 2 aromatic carbocycles. The number of rotatable bonds is 7. The molecule has 0 spiro atoms. The lowest BCUT2D eigenvalue weighted by Crippen LogP contribution is -2.38. The molecule has 2 rings (SSSR count). The smallest absolute Gasteiger partial charge is 0.191 e. The molecule has 0 unspecified atom stereocenters. The summed E-state index contributed by atoms with van der Waals surface area (Å²) in [6.07, 6.45) is 1.95. The van der Waals surface area contributed by atoms with E-state index in [0.29, 0.717) is 23.9 Å². The molecule has 0 heterocycles. The van der Waals surface area contributed by atoms with Crippen LogP contribution in [0.1, 0.15) is 18.1 Å². The molecule has 2 N–H and O–H groups in total. The molecule has 0 atom stereocenters. The van der Waals surface area contributed by atoms with Gasteiger partial charge in [0.1, 0.15) is 5.82 Å². The maximum absolute atomic E-state index is 12.9. The van der Waals surface area contributed by atoms with Gasteiger partial charge < -0.3 is 10.6 Å². The summed E-state index contributed by atoms with van der Waals surface area (Å²) < 4.78 is 35.9. The molecule has 0 amide bonds. The van der Waals surface area contributed by atoms with E-state index in [1.807, 2.05) is 6.92 Å². The van der Waals surface area contributed by atoms with E-state index in [9.17, 15) is 12.8 Å². The van der Waals surface area contributed by atoms with E-state index in [-0.39, 0.29) is 29.8 Å². The quantitative estimate of drug-likeness (QED) is 0.345. The number of halogens is 2. The zero-order chi connectivity index (χ0) is 19.0. The summed E-state index contributed by atoms with van der Waals surface area (Å²) in [5.74, 6) is 0.445. The average molecular weight is 505 g/mol. The number of sulfone groups is 1. The standard InChI is InChI=1S/C19H24FN3O2S.HI/c1-3-21-19(22-13-12-15-4-8-17(20)9-5-15)23-14-16-6-10-18(11-7-16)26(2,24)25;/h4-11H,3,12-14H2,1-2H3,(H2,21,22,23);1H. The van der Waals surface area contributed by atoms with E-state index < -0.39 is 9.84 Å². The number of guanidine groups is 1. The van der Waals surface area contributed by atoms with Crippen molar-refractivity contribution in [3.05, 3.63) is 65.5 Å². The van der Waals surface area contributed by atoms with Gasteiger partial charge >= 0.3 is 0 Å². The Morgan fingerprint density at radius 1 is 1.00 bits per heavy atom. The van der Waals surface area contributed by atoms with E-state index >= 15 is 0 Å². The van der Waals surface area contributed by atoms with Gasteiger partial charge in [-0.1, -0.05) is 24.3 Å². The minimum absolute atomic E-state index is 0. The number of benzene rings is 2. The minimum atomic E-state index is -3.18. The minimum Gasteiger partial charge on any atom is -0.357 e. The molecule has 0 saturated carbocycles. The summed E-state index contributed by atoms with van der Waals surface area (Å²) >= 11 is 0. The highest BCUT2D eigenvalue weighted by Gasteiger charge is 2.06. The Morgan fingerprint density at radius 2 is 1.59 bits per heavy atom. The zero-order valence-corrected chi connectivity index (χ0v) is 18.6. The summed E-state index contributed by atoms with van der Waals surface area (Å²) in [6.45, 7) is 3.83. The van der Waals surface area contributed by atoms with Crippen LogP contribution in [0.5, 0.6) is 0 Å². The van der Waals surface area contributed by atoms with Gasteiger partial charge in [-0.3, -0.25) is 0 Å². The molecular formula is C19H25FIN3O2S. The van der Waals surface area contributed by atoms with Gasteiger partial charge in [0.2, 0.25) is 0 Å². The normalized spacial score (nSPS) is 11.6. The molecule has 5 nitrogen and oxygen atoms in total. The molecule has 0 aliphatic carbocycles. The second-order valence-corrected chi connectivity index (χ2v) is 7.93. The Hall–Kier alpha value is -1.68. The van der Waals surface area contributed by atoms with E-state index in [1.165, 1.54) is 18.4 Å². The summed E-state index contributed by atoms with van der Waals surface area (Å²) in [6, 6.07) is 13.2. The Bertz CT molecular complexity index is 838. The zero-order valence-electron chi connectivity index (χ0n) is 15.4. The summed E-state index contributed by atoms with van der Waals surface area (Å²) in [5, 5.41) is 6.41. The van der Waals surface area contributed by atoms with Gasteiger partial charge in [0, 0.05) is 19.3 Å². The van der Waals surface area contributed by atoms with Gasteiger partial charge in [-0.05, 0) is 48.7 Å². The fraction of sp³-hybridized carbons (Fsp3) is 0.316. The first-order chi connectivity index (χ1) is 12.4. The topological polar surface area (TPSA) is 70.6 Å².